The van der Waals surface area contributed by atoms with E-state index in [1.54, 1.807) is 48.5 Å². The van der Waals surface area contributed by atoms with Crippen LogP contribution in [0.25, 0.3) is 11.0 Å². The summed E-state index contributed by atoms with van der Waals surface area (Å²) < 4.78 is 34.5. The lowest BCUT2D eigenvalue weighted by molar-refractivity contribution is 0.0944. The molecule has 3 heterocycles. The monoisotopic (exact) mass is 619 g/mol. The third-order valence-electron chi connectivity index (χ3n) is 7.08. The highest BCUT2D eigenvalue weighted by Crippen LogP contribution is 2.22. The summed E-state index contributed by atoms with van der Waals surface area (Å²) in [6.07, 6.45) is 1.70. The quantitative estimate of drug-likeness (QED) is 0.132. The first-order valence-electron chi connectivity index (χ1n) is 13.9. The van der Waals surface area contributed by atoms with E-state index in [0.29, 0.717) is 35.6 Å². The average Bonchev–Trinajstić information content (AvgIpc) is 3.63. The molecule has 1 atom stereocenters. The number of anilines is 1. The van der Waals surface area contributed by atoms with Crippen LogP contribution in [-0.2, 0) is 23.1 Å². The van der Waals surface area contributed by atoms with Crippen LogP contribution in [0.3, 0.4) is 0 Å². The van der Waals surface area contributed by atoms with E-state index in [9.17, 15) is 23.1 Å². The molecule has 0 aliphatic rings. The number of aliphatic hydroxyl groups excluding tert-OH is 1. The van der Waals surface area contributed by atoms with Crippen molar-refractivity contribution in [1.82, 2.24) is 30.6 Å². The molecule has 5 aromatic rings. The molecule has 13 nitrogen and oxygen atoms in total. The van der Waals surface area contributed by atoms with Crippen molar-refractivity contribution in [2.45, 2.75) is 49.9 Å². The molecule has 0 spiro atoms. The van der Waals surface area contributed by atoms with Crippen LogP contribution < -0.4 is 21.0 Å². The SMILES string of the molecule is CC(C)(CCn1ccc2cc(C(=O)NCc3cc(=O)o[nH]3)nnc21)NC[C@H](O)c1cccc(NS(=O)(=O)c2ccccc2)c1. The number of sulfonamides is 1. The number of carbonyl (C=O) groups is 1. The van der Waals surface area contributed by atoms with Crippen molar-refractivity contribution in [3.05, 3.63) is 106 Å². The van der Waals surface area contributed by atoms with Crippen LogP contribution >= 0.6 is 0 Å². The van der Waals surface area contributed by atoms with Crippen LogP contribution in [0.5, 0.6) is 0 Å². The van der Waals surface area contributed by atoms with Gasteiger partial charge in [0.05, 0.1) is 23.2 Å². The summed E-state index contributed by atoms with van der Waals surface area (Å²) in [5.41, 5.74) is 1.26. The average molecular weight is 620 g/mol. The lowest BCUT2D eigenvalue weighted by Crippen LogP contribution is -2.42. The molecular formula is C30H33N7O6S. The number of aromatic amines is 1. The predicted octanol–water partition coefficient (Wildman–Crippen LogP) is 2.94. The molecule has 2 aromatic carbocycles. The highest BCUT2D eigenvalue weighted by molar-refractivity contribution is 7.92. The van der Waals surface area contributed by atoms with E-state index >= 15 is 0 Å². The zero-order chi connectivity index (χ0) is 31.3. The van der Waals surface area contributed by atoms with Crippen molar-refractivity contribution in [2.24, 2.45) is 0 Å². The Morgan fingerprint density at radius 3 is 2.61 bits per heavy atom. The van der Waals surface area contributed by atoms with Crippen molar-refractivity contribution in [1.29, 1.82) is 0 Å². The van der Waals surface area contributed by atoms with Gasteiger partial charge in [0.25, 0.3) is 15.9 Å². The van der Waals surface area contributed by atoms with Crippen molar-refractivity contribution < 1.29 is 22.8 Å². The molecule has 0 bridgehead atoms. The summed E-state index contributed by atoms with van der Waals surface area (Å²) in [4.78, 5) is 23.8. The summed E-state index contributed by atoms with van der Waals surface area (Å²) in [6, 6.07) is 19.6. The van der Waals surface area contributed by atoms with E-state index in [1.165, 1.54) is 18.2 Å². The molecule has 14 heteroatoms. The van der Waals surface area contributed by atoms with E-state index in [-0.39, 0.29) is 29.2 Å². The molecule has 0 aliphatic heterocycles. The largest absolute Gasteiger partial charge is 0.387 e. The zero-order valence-corrected chi connectivity index (χ0v) is 25.0. The van der Waals surface area contributed by atoms with Gasteiger partial charge in [0, 0.05) is 42.0 Å². The van der Waals surface area contributed by atoms with Crippen molar-refractivity contribution in [3.63, 3.8) is 0 Å². The minimum atomic E-state index is -3.75. The first-order valence-corrected chi connectivity index (χ1v) is 15.4. The Balaban J connectivity index is 1.14. The summed E-state index contributed by atoms with van der Waals surface area (Å²) in [5.74, 6) is -0.433. The molecule has 5 N–H and O–H groups in total. The molecule has 44 heavy (non-hydrogen) atoms. The number of hydrogen-bond donors (Lipinski definition) is 5. The van der Waals surface area contributed by atoms with Crippen LogP contribution in [0.4, 0.5) is 5.69 Å². The number of β-amino-alcohol motifs (C(OH)–C–C–N with tert-alkyl or cyclic N) is 1. The minimum absolute atomic E-state index is 0.0839. The first-order chi connectivity index (χ1) is 21.0. The van der Waals surface area contributed by atoms with Gasteiger partial charge in [-0.2, -0.15) is 0 Å². The highest BCUT2D eigenvalue weighted by atomic mass is 32.2. The topological polar surface area (TPSA) is 184 Å². The van der Waals surface area contributed by atoms with Crippen molar-refractivity contribution >= 4 is 32.7 Å². The van der Waals surface area contributed by atoms with Gasteiger partial charge in [-0.1, -0.05) is 30.3 Å². The lowest BCUT2D eigenvalue weighted by Gasteiger charge is -2.28. The molecule has 0 fully saturated rings. The maximum absolute atomic E-state index is 12.7. The molecule has 3 aromatic heterocycles. The Bertz CT molecular complexity index is 1910. The number of benzene rings is 2. The van der Waals surface area contributed by atoms with Gasteiger partial charge in [0.1, 0.15) is 0 Å². The summed E-state index contributed by atoms with van der Waals surface area (Å²) >= 11 is 0. The number of rotatable bonds is 13. The van der Waals surface area contributed by atoms with Gasteiger partial charge in [0.2, 0.25) is 0 Å². The van der Waals surface area contributed by atoms with Gasteiger partial charge in [-0.3, -0.25) is 9.52 Å². The number of fused-ring (bicyclic) bond motifs is 1. The fourth-order valence-electron chi connectivity index (χ4n) is 4.55. The van der Waals surface area contributed by atoms with Crippen LogP contribution in [0.2, 0.25) is 0 Å². The van der Waals surface area contributed by atoms with Gasteiger partial charge in [-0.15, -0.1) is 10.2 Å². The van der Waals surface area contributed by atoms with Gasteiger partial charge in [-0.05, 0) is 62.2 Å². The van der Waals surface area contributed by atoms with E-state index in [2.05, 4.69) is 35.2 Å². The van der Waals surface area contributed by atoms with Gasteiger partial charge in [0.15, 0.2) is 11.3 Å². The van der Waals surface area contributed by atoms with Gasteiger partial charge in [-0.25, -0.2) is 18.4 Å². The number of hydrogen-bond acceptors (Lipinski definition) is 9. The highest BCUT2D eigenvalue weighted by Gasteiger charge is 2.21. The standard InChI is InChI=1S/C30H33N7O6S/c1-30(2,32-19-26(38)20-7-6-8-22(15-20)36-44(41,42)24-9-4-3-5-10-24)12-14-37-13-11-21-16-25(33-34-28(21)37)29(40)31-18-23-17-27(39)43-35-23/h3-11,13,15-17,26,32,35-36,38H,12,14,18-19H2,1-2H3,(H,31,40)/t26-/m0/s1. The second kappa shape index (κ2) is 12.8. The van der Waals surface area contributed by atoms with Crippen LogP contribution in [-0.4, -0.2) is 51.4 Å². The predicted molar refractivity (Wildman–Crippen MR) is 163 cm³/mol. The Hall–Kier alpha value is -4.79. The van der Waals surface area contributed by atoms with E-state index in [0.717, 1.165) is 5.39 Å². The van der Waals surface area contributed by atoms with Crippen LogP contribution in [0, 0.1) is 0 Å². The number of aromatic nitrogens is 4. The molecule has 230 valence electrons. The fourth-order valence-corrected chi connectivity index (χ4v) is 5.62. The molecule has 0 unspecified atom stereocenters. The Kier molecular flexibility index (Phi) is 8.94. The van der Waals surface area contributed by atoms with E-state index in [4.69, 9.17) is 0 Å². The zero-order valence-electron chi connectivity index (χ0n) is 24.1. The number of carbonyl (C=O) groups excluding carboxylic acids is 1. The number of amides is 1. The maximum Gasteiger partial charge on any atom is 0.357 e. The fraction of sp³-hybridized carbons (Fsp3) is 0.267. The van der Waals surface area contributed by atoms with Gasteiger partial charge < -0.3 is 24.8 Å². The van der Waals surface area contributed by atoms with Gasteiger partial charge >= 0.3 is 5.63 Å². The van der Waals surface area contributed by atoms with E-state index in [1.807, 2.05) is 30.7 Å². The Morgan fingerprint density at radius 1 is 1.07 bits per heavy atom. The lowest BCUT2D eigenvalue weighted by atomic mass is 9.99. The molecular weight excluding hydrogens is 586 g/mol. The number of aliphatic hydroxyl groups is 1. The first kappa shape index (κ1) is 30.7. The smallest absolute Gasteiger partial charge is 0.357 e. The van der Waals surface area contributed by atoms with Crippen molar-refractivity contribution in [3.8, 4) is 0 Å². The van der Waals surface area contributed by atoms with Crippen molar-refractivity contribution in [2.75, 3.05) is 11.3 Å². The Labute approximate surface area is 253 Å². The molecule has 1 amide bonds. The Morgan fingerprint density at radius 2 is 1.86 bits per heavy atom. The number of H-pyrrole nitrogens is 1. The molecule has 0 aliphatic carbocycles. The number of nitrogens with one attached hydrogen (secondary N) is 4. The summed E-state index contributed by atoms with van der Waals surface area (Å²) in [7, 11) is -3.75. The summed E-state index contributed by atoms with van der Waals surface area (Å²) in [6.45, 7) is 4.98. The summed E-state index contributed by atoms with van der Waals surface area (Å²) in [5, 5.41) is 28.4. The second-order valence-electron chi connectivity index (χ2n) is 11.0. The molecule has 0 radical (unpaired) electrons. The minimum Gasteiger partial charge on any atom is -0.387 e. The molecule has 0 saturated carbocycles. The van der Waals surface area contributed by atoms with E-state index < -0.39 is 27.7 Å². The molecule has 5 rings (SSSR count). The maximum atomic E-state index is 12.7. The molecule has 0 saturated heterocycles. The van der Waals surface area contributed by atoms with Crippen LogP contribution in [0.1, 0.15) is 48.1 Å². The third kappa shape index (κ3) is 7.58. The third-order valence-corrected chi connectivity index (χ3v) is 8.48. The number of nitrogens with zero attached hydrogens (tertiary/aromatic N) is 3. The normalized spacial score (nSPS) is 12.7. The second-order valence-corrected chi connectivity index (χ2v) is 12.7. The van der Waals surface area contributed by atoms with Crippen LogP contribution in [0.15, 0.2) is 93.2 Å². The number of aryl methyl sites for hydroxylation is 1.